The monoisotopic (exact) mass is 227 g/mol. The number of hydrogen-bond acceptors (Lipinski definition) is 2. The fraction of sp³-hybridized carbons (Fsp3) is 1.00. The van der Waals surface area contributed by atoms with E-state index in [1.165, 1.54) is 51.4 Å². The van der Waals surface area contributed by atoms with Crippen molar-refractivity contribution in [1.29, 1.82) is 0 Å². The van der Waals surface area contributed by atoms with Gasteiger partial charge in [-0.1, -0.05) is 33.1 Å². The predicted molar refractivity (Wildman–Crippen MR) is 69.8 cm³/mol. The summed E-state index contributed by atoms with van der Waals surface area (Å²) in [6.45, 7) is 6.48. The minimum Gasteiger partial charge on any atom is -0.381 e. The van der Waals surface area contributed by atoms with Crippen LogP contribution < -0.4 is 5.32 Å². The third-order valence-corrected chi connectivity index (χ3v) is 3.47. The predicted octanol–water partition coefficient (Wildman–Crippen LogP) is 3.50. The Balaban J connectivity index is 2.27. The molecular weight excluding hydrogens is 198 g/mol. The van der Waals surface area contributed by atoms with Crippen molar-refractivity contribution in [1.82, 2.24) is 5.32 Å². The Morgan fingerprint density at radius 3 is 2.75 bits per heavy atom. The summed E-state index contributed by atoms with van der Waals surface area (Å²) in [6.07, 6.45) is 10.4. The Kier molecular flexibility index (Phi) is 7.87. The van der Waals surface area contributed by atoms with Gasteiger partial charge in [0.15, 0.2) is 0 Å². The SMILES string of the molecule is CCCCC(CCC)NC1CCCOCC1. The van der Waals surface area contributed by atoms with Crippen molar-refractivity contribution in [2.75, 3.05) is 13.2 Å². The maximum Gasteiger partial charge on any atom is 0.0480 e. The van der Waals surface area contributed by atoms with Gasteiger partial charge in [0.05, 0.1) is 0 Å². The summed E-state index contributed by atoms with van der Waals surface area (Å²) in [5, 5.41) is 3.85. The molecule has 1 saturated heterocycles. The standard InChI is InChI=1S/C14H29NO/c1-3-5-8-13(7-4-2)15-14-9-6-11-16-12-10-14/h13-15H,3-12H2,1-2H3. The van der Waals surface area contributed by atoms with Crippen molar-refractivity contribution in [3.8, 4) is 0 Å². The van der Waals surface area contributed by atoms with Crippen LogP contribution >= 0.6 is 0 Å². The highest BCUT2D eigenvalue weighted by Gasteiger charge is 2.16. The number of hydrogen-bond donors (Lipinski definition) is 1. The van der Waals surface area contributed by atoms with Crippen molar-refractivity contribution in [3.05, 3.63) is 0 Å². The molecule has 2 unspecified atom stereocenters. The molecule has 0 aromatic rings. The van der Waals surface area contributed by atoms with Crippen molar-refractivity contribution in [2.24, 2.45) is 0 Å². The molecule has 1 rings (SSSR count). The lowest BCUT2D eigenvalue weighted by Gasteiger charge is -2.24. The lowest BCUT2D eigenvalue weighted by atomic mass is 10.0. The molecule has 0 aromatic heterocycles. The van der Waals surface area contributed by atoms with E-state index in [4.69, 9.17) is 4.74 Å². The summed E-state index contributed by atoms with van der Waals surface area (Å²) in [7, 11) is 0. The second kappa shape index (κ2) is 9.00. The number of unbranched alkanes of at least 4 members (excludes halogenated alkanes) is 1. The zero-order chi connectivity index (χ0) is 11.6. The minimum atomic E-state index is 0.705. The van der Waals surface area contributed by atoms with Gasteiger partial charge >= 0.3 is 0 Å². The van der Waals surface area contributed by atoms with Gasteiger partial charge < -0.3 is 10.1 Å². The summed E-state index contributed by atoms with van der Waals surface area (Å²) < 4.78 is 5.51. The maximum atomic E-state index is 5.51. The Hall–Kier alpha value is -0.0800. The van der Waals surface area contributed by atoms with E-state index in [1.54, 1.807) is 0 Å². The van der Waals surface area contributed by atoms with Gasteiger partial charge in [-0.2, -0.15) is 0 Å². The minimum absolute atomic E-state index is 0.705. The highest BCUT2D eigenvalue weighted by Crippen LogP contribution is 2.13. The molecule has 0 aliphatic carbocycles. The van der Waals surface area contributed by atoms with E-state index in [0.29, 0.717) is 6.04 Å². The molecule has 2 atom stereocenters. The van der Waals surface area contributed by atoms with Crippen LogP contribution in [0.1, 0.15) is 65.2 Å². The van der Waals surface area contributed by atoms with Crippen LogP contribution in [-0.2, 0) is 4.74 Å². The molecule has 0 amide bonds. The van der Waals surface area contributed by atoms with Crippen molar-refractivity contribution < 1.29 is 4.74 Å². The Morgan fingerprint density at radius 1 is 1.12 bits per heavy atom. The molecule has 0 saturated carbocycles. The first kappa shape index (κ1) is 14.0. The van der Waals surface area contributed by atoms with Gasteiger partial charge in [-0.05, 0) is 32.1 Å². The average Bonchev–Trinajstić information content (AvgIpc) is 2.55. The fourth-order valence-electron chi connectivity index (χ4n) is 2.51. The molecular formula is C14H29NO. The van der Waals surface area contributed by atoms with Gasteiger partial charge in [-0.3, -0.25) is 0 Å². The van der Waals surface area contributed by atoms with Gasteiger partial charge in [0.25, 0.3) is 0 Å². The van der Waals surface area contributed by atoms with Gasteiger partial charge in [-0.25, -0.2) is 0 Å². The highest BCUT2D eigenvalue weighted by atomic mass is 16.5. The van der Waals surface area contributed by atoms with Crippen molar-refractivity contribution in [3.63, 3.8) is 0 Å². The summed E-state index contributed by atoms with van der Waals surface area (Å²) >= 11 is 0. The molecule has 1 heterocycles. The quantitative estimate of drug-likeness (QED) is 0.718. The first-order valence-corrected chi connectivity index (χ1v) is 7.20. The van der Waals surface area contributed by atoms with Gasteiger partial charge in [0.1, 0.15) is 0 Å². The fourth-order valence-corrected chi connectivity index (χ4v) is 2.51. The van der Waals surface area contributed by atoms with E-state index in [9.17, 15) is 0 Å². The van der Waals surface area contributed by atoms with Crippen LogP contribution in [0.3, 0.4) is 0 Å². The maximum absolute atomic E-state index is 5.51. The molecule has 0 bridgehead atoms. The van der Waals surface area contributed by atoms with E-state index in [1.807, 2.05) is 0 Å². The van der Waals surface area contributed by atoms with E-state index in [2.05, 4.69) is 19.2 Å². The second-order valence-corrected chi connectivity index (χ2v) is 5.03. The Morgan fingerprint density at radius 2 is 2.00 bits per heavy atom. The lowest BCUT2D eigenvalue weighted by Crippen LogP contribution is -2.38. The number of nitrogens with one attached hydrogen (secondary N) is 1. The van der Waals surface area contributed by atoms with Crippen molar-refractivity contribution >= 4 is 0 Å². The molecule has 1 aliphatic rings. The normalized spacial score (nSPS) is 24.0. The van der Waals surface area contributed by atoms with Crippen molar-refractivity contribution in [2.45, 2.75) is 77.3 Å². The van der Waals surface area contributed by atoms with Gasteiger partial charge in [-0.15, -0.1) is 0 Å². The van der Waals surface area contributed by atoms with Crippen LogP contribution in [0, 0.1) is 0 Å². The molecule has 0 radical (unpaired) electrons. The zero-order valence-electron chi connectivity index (χ0n) is 11.1. The molecule has 2 nitrogen and oxygen atoms in total. The zero-order valence-corrected chi connectivity index (χ0v) is 11.1. The molecule has 1 fully saturated rings. The van der Waals surface area contributed by atoms with E-state index in [-0.39, 0.29) is 0 Å². The van der Waals surface area contributed by atoms with E-state index in [0.717, 1.165) is 19.3 Å². The van der Waals surface area contributed by atoms with E-state index >= 15 is 0 Å². The number of rotatable bonds is 7. The molecule has 0 aromatic carbocycles. The summed E-state index contributed by atoms with van der Waals surface area (Å²) in [4.78, 5) is 0. The van der Waals surface area contributed by atoms with Crippen LogP contribution in [0.25, 0.3) is 0 Å². The summed E-state index contributed by atoms with van der Waals surface area (Å²) in [6, 6.07) is 1.45. The van der Waals surface area contributed by atoms with Gasteiger partial charge in [0.2, 0.25) is 0 Å². The van der Waals surface area contributed by atoms with Crippen LogP contribution in [-0.4, -0.2) is 25.3 Å². The first-order valence-electron chi connectivity index (χ1n) is 7.20. The van der Waals surface area contributed by atoms with Crippen LogP contribution in [0.15, 0.2) is 0 Å². The molecule has 2 heteroatoms. The Bertz CT molecular complexity index is 153. The summed E-state index contributed by atoms with van der Waals surface area (Å²) in [5.74, 6) is 0. The van der Waals surface area contributed by atoms with Crippen LogP contribution in [0.2, 0.25) is 0 Å². The summed E-state index contributed by atoms with van der Waals surface area (Å²) in [5.41, 5.74) is 0. The molecule has 1 N–H and O–H groups in total. The molecule has 0 spiro atoms. The second-order valence-electron chi connectivity index (χ2n) is 5.03. The average molecular weight is 227 g/mol. The topological polar surface area (TPSA) is 21.3 Å². The third kappa shape index (κ3) is 5.86. The molecule has 96 valence electrons. The van der Waals surface area contributed by atoms with E-state index < -0.39 is 0 Å². The van der Waals surface area contributed by atoms with Crippen LogP contribution in [0.5, 0.6) is 0 Å². The molecule has 16 heavy (non-hydrogen) atoms. The Labute approximate surface area is 101 Å². The van der Waals surface area contributed by atoms with Crippen LogP contribution in [0.4, 0.5) is 0 Å². The smallest absolute Gasteiger partial charge is 0.0480 e. The van der Waals surface area contributed by atoms with Gasteiger partial charge in [0, 0.05) is 25.3 Å². The highest BCUT2D eigenvalue weighted by molar-refractivity contribution is 4.75. The largest absolute Gasteiger partial charge is 0.381 e. The lowest BCUT2D eigenvalue weighted by molar-refractivity contribution is 0.142. The first-order chi connectivity index (χ1) is 7.86. The number of ether oxygens (including phenoxy) is 1. The molecule has 1 aliphatic heterocycles. The third-order valence-electron chi connectivity index (χ3n) is 3.47.